The highest BCUT2D eigenvalue weighted by atomic mass is 19.1. The van der Waals surface area contributed by atoms with E-state index in [-0.39, 0.29) is 5.82 Å². The summed E-state index contributed by atoms with van der Waals surface area (Å²) in [5.41, 5.74) is 2.06. The van der Waals surface area contributed by atoms with Crippen LogP contribution in [0.2, 0.25) is 0 Å². The number of nitrogens with one attached hydrogen (secondary N) is 1. The molecule has 2 aromatic rings. The molecule has 0 fully saturated rings. The topological polar surface area (TPSA) is 28.4 Å². The molecular weight excluding hydrogens is 243 g/mol. The Hall–Kier alpha value is -1.81. The van der Waals surface area contributed by atoms with Gasteiger partial charge in [0.2, 0.25) is 0 Å². The first-order chi connectivity index (χ1) is 9.29. The molecule has 0 saturated carbocycles. The molecule has 1 aromatic heterocycles. The molecule has 1 aromatic carbocycles. The molecule has 0 amide bonds. The van der Waals surface area contributed by atoms with Crippen LogP contribution in [0.3, 0.4) is 0 Å². The summed E-state index contributed by atoms with van der Waals surface area (Å²) in [7, 11) is 0. The van der Waals surface area contributed by atoms with Crippen LogP contribution >= 0.6 is 0 Å². The van der Waals surface area contributed by atoms with Gasteiger partial charge in [0.1, 0.15) is 5.82 Å². The third kappa shape index (κ3) is 4.10. The van der Waals surface area contributed by atoms with E-state index in [4.69, 9.17) is 4.42 Å². The van der Waals surface area contributed by atoms with E-state index in [1.807, 2.05) is 12.1 Å². The van der Waals surface area contributed by atoms with Crippen molar-refractivity contribution >= 4 is 5.69 Å². The summed E-state index contributed by atoms with van der Waals surface area (Å²) in [5.74, 6) is -0.192. The van der Waals surface area contributed by atoms with E-state index in [1.54, 1.807) is 24.7 Å². The highest BCUT2D eigenvalue weighted by Crippen LogP contribution is 2.14. The Kier molecular flexibility index (Phi) is 4.98. The molecule has 4 heteroatoms. The van der Waals surface area contributed by atoms with Gasteiger partial charge in [0.05, 0.1) is 12.5 Å². The molecule has 0 saturated heterocycles. The zero-order valence-electron chi connectivity index (χ0n) is 11.1. The van der Waals surface area contributed by atoms with Crippen LogP contribution in [0.15, 0.2) is 47.3 Å². The molecule has 1 N–H and O–H groups in total. The van der Waals surface area contributed by atoms with E-state index >= 15 is 0 Å². The third-order valence-corrected chi connectivity index (χ3v) is 3.02. The number of hydrogen-bond donors (Lipinski definition) is 1. The second-order valence-electron chi connectivity index (χ2n) is 4.37. The lowest BCUT2D eigenvalue weighted by atomic mass is 10.2. The van der Waals surface area contributed by atoms with Crippen molar-refractivity contribution in [1.29, 1.82) is 0 Å². The minimum Gasteiger partial charge on any atom is -0.472 e. The zero-order chi connectivity index (χ0) is 13.5. The van der Waals surface area contributed by atoms with Crippen molar-refractivity contribution in [2.45, 2.75) is 13.5 Å². The molecule has 0 aliphatic heterocycles. The van der Waals surface area contributed by atoms with Gasteiger partial charge in [0.25, 0.3) is 0 Å². The average molecular weight is 262 g/mol. The second-order valence-corrected chi connectivity index (χ2v) is 4.37. The molecular formula is C15H19FN2O. The lowest BCUT2D eigenvalue weighted by Gasteiger charge is -2.23. The van der Waals surface area contributed by atoms with Crippen molar-refractivity contribution in [3.8, 4) is 0 Å². The number of nitrogens with zero attached hydrogens (tertiary/aromatic N) is 1. The zero-order valence-corrected chi connectivity index (χ0v) is 11.1. The largest absolute Gasteiger partial charge is 0.472 e. The van der Waals surface area contributed by atoms with Gasteiger partial charge >= 0.3 is 0 Å². The molecule has 2 rings (SSSR count). The van der Waals surface area contributed by atoms with Crippen molar-refractivity contribution < 1.29 is 8.81 Å². The number of hydrogen-bond acceptors (Lipinski definition) is 3. The summed E-state index contributed by atoms with van der Waals surface area (Å²) >= 11 is 0. The summed E-state index contributed by atoms with van der Waals surface area (Å²) in [4.78, 5) is 2.14. The Balaban J connectivity index is 1.79. The smallest absolute Gasteiger partial charge is 0.125 e. The molecule has 0 atom stereocenters. The third-order valence-electron chi connectivity index (χ3n) is 3.02. The van der Waals surface area contributed by atoms with Gasteiger partial charge in [-0.3, -0.25) is 0 Å². The van der Waals surface area contributed by atoms with Gasteiger partial charge in [-0.15, -0.1) is 0 Å². The van der Waals surface area contributed by atoms with Crippen molar-refractivity contribution in [2.75, 3.05) is 24.5 Å². The Morgan fingerprint density at radius 3 is 2.89 bits per heavy atom. The highest BCUT2D eigenvalue weighted by Gasteiger charge is 2.04. The minimum absolute atomic E-state index is 0.192. The van der Waals surface area contributed by atoms with Gasteiger partial charge in [0.15, 0.2) is 0 Å². The summed E-state index contributed by atoms with van der Waals surface area (Å²) in [6.07, 6.45) is 3.40. The van der Waals surface area contributed by atoms with Crippen LogP contribution in [-0.4, -0.2) is 19.6 Å². The van der Waals surface area contributed by atoms with Crippen molar-refractivity contribution in [3.63, 3.8) is 0 Å². The van der Waals surface area contributed by atoms with Gasteiger partial charge < -0.3 is 14.6 Å². The standard InChI is InChI=1S/C15H19FN2O/c1-2-18(15-5-3-4-14(16)10-15)8-7-17-11-13-6-9-19-12-13/h3-6,9-10,12,17H,2,7-8,11H2,1H3. The molecule has 0 spiro atoms. The van der Waals surface area contributed by atoms with Crippen LogP contribution in [0, 0.1) is 5.82 Å². The van der Waals surface area contributed by atoms with Gasteiger partial charge in [-0.2, -0.15) is 0 Å². The maximum Gasteiger partial charge on any atom is 0.125 e. The predicted octanol–water partition coefficient (Wildman–Crippen LogP) is 3.03. The summed E-state index contributed by atoms with van der Waals surface area (Å²) in [6.45, 7) is 5.41. The Bertz CT molecular complexity index is 485. The van der Waals surface area contributed by atoms with Crippen molar-refractivity contribution in [3.05, 3.63) is 54.2 Å². The quantitative estimate of drug-likeness (QED) is 0.777. The lowest BCUT2D eigenvalue weighted by molar-refractivity contribution is 0.560. The fraction of sp³-hybridized carbons (Fsp3) is 0.333. The summed E-state index contributed by atoms with van der Waals surface area (Å²) in [6, 6.07) is 8.65. The first kappa shape index (κ1) is 13.6. The number of likely N-dealkylation sites (N-methyl/N-ethyl adjacent to an activating group) is 1. The average Bonchev–Trinajstić information content (AvgIpc) is 2.92. The van der Waals surface area contributed by atoms with Crippen LogP contribution in [-0.2, 0) is 6.54 Å². The Morgan fingerprint density at radius 1 is 1.32 bits per heavy atom. The van der Waals surface area contributed by atoms with E-state index in [1.165, 1.54) is 6.07 Å². The van der Waals surface area contributed by atoms with Crippen molar-refractivity contribution in [2.24, 2.45) is 0 Å². The van der Waals surface area contributed by atoms with E-state index in [9.17, 15) is 4.39 Å². The fourth-order valence-corrected chi connectivity index (χ4v) is 1.98. The molecule has 1 heterocycles. The lowest BCUT2D eigenvalue weighted by Crippen LogP contribution is -2.31. The molecule has 19 heavy (non-hydrogen) atoms. The molecule has 0 radical (unpaired) electrons. The molecule has 0 aliphatic carbocycles. The van der Waals surface area contributed by atoms with Crippen LogP contribution < -0.4 is 10.2 Å². The predicted molar refractivity (Wildman–Crippen MR) is 74.7 cm³/mol. The van der Waals surface area contributed by atoms with Gasteiger partial charge in [-0.1, -0.05) is 6.07 Å². The molecule has 102 valence electrons. The van der Waals surface area contributed by atoms with Gasteiger partial charge in [-0.25, -0.2) is 4.39 Å². The van der Waals surface area contributed by atoms with E-state index in [2.05, 4.69) is 17.1 Å². The van der Waals surface area contributed by atoms with Crippen LogP contribution in [0.1, 0.15) is 12.5 Å². The number of furan rings is 1. The first-order valence-electron chi connectivity index (χ1n) is 6.52. The normalized spacial score (nSPS) is 10.6. The SMILES string of the molecule is CCN(CCNCc1ccoc1)c1cccc(F)c1. The number of halogens is 1. The number of benzene rings is 1. The van der Waals surface area contributed by atoms with Gasteiger partial charge in [0, 0.05) is 37.4 Å². The van der Waals surface area contributed by atoms with Crippen LogP contribution in [0.4, 0.5) is 10.1 Å². The van der Waals surface area contributed by atoms with E-state index in [0.29, 0.717) is 0 Å². The maximum absolute atomic E-state index is 13.2. The molecule has 0 unspecified atom stereocenters. The fourth-order valence-electron chi connectivity index (χ4n) is 1.98. The minimum atomic E-state index is -0.192. The summed E-state index contributed by atoms with van der Waals surface area (Å²) < 4.78 is 18.2. The Labute approximate surface area is 113 Å². The number of rotatable bonds is 7. The number of anilines is 1. The monoisotopic (exact) mass is 262 g/mol. The van der Waals surface area contributed by atoms with Crippen LogP contribution in [0.5, 0.6) is 0 Å². The molecule has 0 aliphatic rings. The maximum atomic E-state index is 13.2. The van der Waals surface area contributed by atoms with Crippen molar-refractivity contribution in [1.82, 2.24) is 5.32 Å². The second kappa shape index (κ2) is 6.95. The summed E-state index contributed by atoms with van der Waals surface area (Å²) in [5, 5.41) is 3.34. The highest BCUT2D eigenvalue weighted by molar-refractivity contribution is 5.46. The first-order valence-corrected chi connectivity index (χ1v) is 6.52. The van der Waals surface area contributed by atoms with Crippen LogP contribution in [0.25, 0.3) is 0 Å². The van der Waals surface area contributed by atoms with Gasteiger partial charge in [-0.05, 0) is 31.2 Å². The molecule has 3 nitrogen and oxygen atoms in total. The van der Waals surface area contributed by atoms with E-state index in [0.717, 1.165) is 37.4 Å². The molecule has 0 bridgehead atoms. The Morgan fingerprint density at radius 2 is 2.21 bits per heavy atom. The van der Waals surface area contributed by atoms with E-state index < -0.39 is 0 Å².